The predicted octanol–water partition coefficient (Wildman–Crippen LogP) is 4.30. The highest BCUT2D eigenvalue weighted by Gasteiger charge is 2.31. The molecule has 11 heteroatoms. The van der Waals surface area contributed by atoms with Crippen LogP contribution < -0.4 is 5.32 Å². The van der Waals surface area contributed by atoms with E-state index in [1.807, 2.05) is 0 Å². The number of amides is 1. The van der Waals surface area contributed by atoms with Crippen molar-refractivity contribution in [2.75, 3.05) is 5.32 Å². The minimum atomic E-state index is -4.67. The van der Waals surface area contributed by atoms with Gasteiger partial charge in [-0.25, -0.2) is 4.39 Å². The van der Waals surface area contributed by atoms with Gasteiger partial charge in [0.25, 0.3) is 0 Å². The lowest BCUT2D eigenvalue weighted by Crippen LogP contribution is -2.09. The van der Waals surface area contributed by atoms with Crippen LogP contribution in [0.5, 0.6) is 5.75 Å². The quantitative estimate of drug-likeness (QED) is 0.294. The summed E-state index contributed by atoms with van der Waals surface area (Å²) in [5, 5.41) is 22.6. The number of rotatable bonds is 6. The van der Waals surface area contributed by atoms with Crippen LogP contribution in [0, 0.1) is 5.82 Å². The van der Waals surface area contributed by atoms with Gasteiger partial charge in [0.05, 0.1) is 53.0 Å². The molecule has 0 bridgehead atoms. The Morgan fingerprint density at radius 3 is 2.52 bits per heavy atom. The number of benzene rings is 2. The number of aromatic nitrogens is 2. The molecule has 0 fully saturated rings. The molecule has 4 rings (SSSR count). The summed E-state index contributed by atoms with van der Waals surface area (Å²) < 4.78 is 55.4. The molecule has 1 amide bonds. The normalized spacial score (nSPS) is 11.8. The number of aliphatic carboxylic acids is 1. The molecule has 170 valence electrons. The third-order valence-corrected chi connectivity index (χ3v) is 5.25. The number of carboxylic acid groups (broad SMARTS) is 1. The van der Waals surface area contributed by atoms with Gasteiger partial charge in [-0.3, -0.25) is 14.6 Å². The summed E-state index contributed by atoms with van der Waals surface area (Å²) >= 11 is 0. The maximum absolute atomic E-state index is 14.5. The van der Waals surface area contributed by atoms with Gasteiger partial charge >= 0.3 is 12.1 Å². The average Bonchev–Trinajstić information content (AvgIpc) is 3.05. The van der Waals surface area contributed by atoms with Gasteiger partial charge in [0, 0.05) is 10.9 Å². The van der Waals surface area contributed by atoms with E-state index in [-0.39, 0.29) is 45.4 Å². The summed E-state index contributed by atoms with van der Waals surface area (Å²) in [6, 6.07) is 5.00. The van der Waals surface area contributed by atoms with E-state index in [2.05, 4.69) is 10.3 Å². The number of pyridine rings is 1. The fraction of sp³-hybridized carbons (Fsp3) is 0.136. The first-order valence-corrected chi connectivity index (χ1v) is 9.50. The highest BCUT2D eigenvalue weighted by molar-refractivity contribution is 6.18. The van der Waals surface area contributed by atoms with Gasteiger partial charge in [0.15, 0.2) is 0 Å². The number of carboxylic acids is 1. The number of halogens is 4. The van der Waals surface area contributed by atoms with Gasteiger partial charge in [0.2, 0.25) is 6.41 Å². The molecule has 33 heavy (non-hydrogen) atoms. The summed E-state index contributed by atoms with van der Waals surface area (Å²) in [5.74, 6) is -2.33. The van der Waals surface area contributed by atoms with E-state index in [1.165, 1.54) is 22.9 Å². The zero-order chi connectivity index (χ0) is 23.9. The number of aromatic hydroxyl groups is 1. The van der Waals surface area contributed by atoms with E-state index in [0.29, 0.717) is 24.1 Å². The maximum atomic E-state index is 14.5. The van der Waals surface area contributed by atoms with E-state index < -0.39 is 29.9 Å². The number of alkyl halides is 3. The van der Waals surface area contributed by atoms with Gasteiger partial charge in [0.1, 0.15) is 11.6 Å². The number of carbonyl (C=O) groups is 2. The first-order valence-electron chi connectivity index (χ1n) is 9.50. The smallest absolute Gasteiger partial charge is 0.416 e. The molecule has 2 aromatic carbocycles. The number of nitrogens with one attached hydrogen (secondary N) is 1. The molecule has 0 atom stereocenters. The van der Waals surface area contributed by atoms with Crippen LogP contribution in [-0.2, 0) is 28.7 Å². The zero-order valence-corrected chi connectivity index (χ0v) is 16.7. The molecule has 4 aromatic rings. The van der Waals surface area contributed by atoms with Crippen molar-refractivity contribution in [1.29, 1.82) is 0 Å². The van der Waals surface area contributed by atoms with E-state index in [4.69, 9.17) is 0 Å². The number of hydrogen-bond acceptors (Lipinski definition) is 4. The molecule has 0 aliphatic rings. The Balaban J connectivity index is 2.02. The third kappa shape index (κ3) is 3.93. The monoisotopic (exact) mass is 461 g/mol. The van der Waals surface area contributed by atoms with Crippen molar-refractivity contribution in [3.05, 3.63) is 65.2 Å². The van der Waals surface area contributed by atoms with E-state index in [9.17, 15) is 37.4 Å². The molecule has 0 saturated carbocycles. The van der Waals surface area contributed by atoms with Crippen LogP contribution in [0.3, 0.4) is 0 Å². The van der Waals surface area contributed by atoms with Gasteiger partial charge in [-0.1, -0.05) is 6.07 Å². The Labute approximate surface area is 182 Å². The average molecular weight is 461 g/mol. The van der Waals surface area contributed by atoms with E-state index in [0.717, 1.165) is 12.3 Å². The van der Waals surface area contributed by atoms with E-state index in [1.54, 1.807) is 0 Å². The van der Waals surface area contributed by atoms with Crippen molar-refractivity contribution >= 4 is 39.9 Å². The second-order valence-electron chi connectivity index (χ2n) is 7.27. The molecule has 0 radical (unpaired) electrons. The molecule has 2 aromatic heterocycles. The van der Waals surface area contributed by atoms with Crippen LogP contribution in [0.15, 0.2) is 42.7 Å². The molecular formula is C22H15F4N3O4. The van der Waals surface area contributed by atoms with Gasteiger partial charge in [-0.2, -0.15) is 13.2 Å². The van der Waals surface area contributed by atoms with Crippen LogP contribution in [0.25, 0.3) is 21.8 Å². The molecular weight excluding hydrogens is 446 g/mol. The van der Waals surface area contributed by atoms with Crippen molar-refractivity contribution in [3.63, 3.8) is 0 Å². The van der Waals surface area contributed by atoms with Crippen LogP contribution in [0.1, 0.15) is 16.7 Å². The molecule has 0 unspecified atom stereocenters. The molecule has 0 aliphatic carbocycles. The maximum Gasteiger partial charge on any atom is 0.416 e. The first-order chi connectivity index (χ1) is 15.6. The fourth-order valence-corrected chi connectivity index (χ4v) is 3.89. The van der Waals surface area contributed by atoms with Crippen molar-refractivity contribution in [1.82, 2.24) is 9.55 Å². The van der Waals surface area contributed by atoms with Gasteiger partial charge in [-0.05, 0) is 29.8 Å². The largest absolute Gasteiger partial charge is 0.506 e. The Bertz CT molecular complexity index is 1410. The lowest BCUT2D eigenvalue weighted by Gasteiger charge is -2.13. The highest BCUT2D eigenvalue weighted by atomic mass is 19.4. The minimum absolute atomic E-state index is 0.111. The summed E-state index contributed by atoms with van der Waals surface area (Å²) in [4.78, 5) is 26.4. The predicted molar refractivity (Wildman–Crippen MR) is 110 cm³/mol. The minimum Gasteiger partial charge on any atom is -0.506 e. The van der Waals surface area contributed by atoms with Crippen molar-refractivity contribution in [3.8, 4) is 5.75 Å². The van der Waals surface area contributed by atoms with Crippen molar-refractivity contribution in [2.24, 2.45) is 0 Å². The summed E-state index contributed by atoms with van der Waals surface area (Å²) in [6.45, 7) is -0.348. The van der Waals surface area contributed by atoms with Crippen molar-refractivity contribution in [2.45, 2.75) is 19.1 Å². The Kier molecular flexibility index (Phi) is 5.40. The standard InChI is InChI=1S/C22H15F4N3O4/c23-14-3-2-13(22(24,25)26)5-12(14)9-29-15-4-1-11(6-18(32)33)21(28-10-30)20(15)19-16(29)7-27-8-17(19)31/h1-5,7-8,10,31H,6,9H2,(H,28,30)(H,32,33). The van der Waals surface area contributed by atoms with Gasteiger partial charge < -0.3 is 20.1 Å². The molecule has 3 N–H and O–H groups in total. The highest BCUT2D eigenvalue weighted by Crippen LogP contribution is 2.41. The van der Waals surface area contributed by atoms with Crippen LogP contribution in [0.2, 0.25) is 0 Å². The number of anilines is 1. The fourth-order valence-electron chi connectivity index (χ4n) is 3.89. The summed E-state index contributed by atoms with van der Waals surface area (Å²) in [6.07, 6.45) is -2.30. The third-order valence-electron chi connectivity index (χ3n) is 5.25. The number of hydrogen-bond donors (Lipinski definition) is 3. The second-order valence-corrected chi connectivity index (χ2v) is 7.27. The summed E-state index contributed by atoms with van der Waals surface area (Å²) in [7, 11) is 0. The van der Waals surface area contributed by atoms with Crippen LogP contribution >= 0.6 is 0 Å². The van der Waals surface area contributed by atoms with E-state index >= 15 is 0 Å². The Morgan fingerprint density at radius 2 is 1.85 bits per heavy atom. The van der Waals surface area contributed by atoms with Crippen molar-refractivity contribution < 1.29 is 37.4 Å². The topological polar surface area (TPSA) is 104 Å². The number of carbonyl (C=O) groups excluding carboxylic acids is 1. The number of fused-ring (bicyclic) bond motifs is 3. The molecule has 0 spiro atoms. The molecule has 0 aliphatic heterocycles. The first kappa shape index (κ1) is 22.1. The van der Waals surface area contributed by atoms with Crippen LogP contribution in [-0.4, -0.2) is 32.1 Å². The Hall–Kier alpha value is -4.15. The molecule has 7 nitrogen and oxygen atoms in total. The molecule has 0 saturated heterocycles. The SMILES string of the molecule is O=CNc1c(CC(=O)O)ccc2c1c1c(O)cncc1n2Cc1cc(C(F)(F)F)ccc1F. The summed E-state index contributed by atoms with van der Waals surface area (Å²) in [5.41, 5.74) is -0.353. The lowest BCUT2D eigenvalue weighted by atomic mass is 10.0. The second kappa shape index (κ2) is 8.08. The lowest BCUT2D eigenvalue weighted by molar-refractivity contribution is -0.138. The van der Waals surface area contributed by atoms with Crippen LogP contribution in [0.4, 0.5) is 23.2 Å². The Morgan fingerprint density at radius 1 is 1.09 bits per heavy atom. The molecule has 2 heterocycles. The zero-order valence-electron chi connectivity index (χ0n) is 16.7. The number of nitrogens with zero attached hydrogens (tertiary/aromatic N) is 2. The van der Waals surface area contributed by atoms with Gasteiger partial charge in [-0.15, -0.1) is 0 Å².